The number of guanidine groups is 1. The molecule has 0 aliphatic rings. The first-order valence-electron chi connectivity index (χ1n) is 12.8. The highest BCUT2D eigenvalue weighted by Gasteiger charge is 2.28. The molecule has 0 saturated heterocycles. The van der Waals surface area contributed by atoms with Crippen LogP contribution >= 0.6 is 0 Å². The minimum Gasteiger partial charge on any atom is -0.480 e. The Hall–Kier alpha value is -3.46. The molecule has 0 spiro atoms. The Kier molecular flexibility index (Phi) is 17.8. The normalized spacial score (nSPS) is 13.1. The molecule has 0 aromatic heterocycles. The van der Waals surface area contributed by atoms with E-state index in [2.05, 4.69) is 26.6 Å². The van der Waals surface area contributed by atoms with Gasteiger partial charge in [0.2, 0.25) is 23.6 Å². The number of carbonyl (C=O) groups is 5. The van der Waals surface area contributed by atoms with Crippen molar-refractivity contribution >= 4 is 35.6 Å². The highest BCUT2D eigenvalue weighted by molar-refractivity contribution is 5.94. The van der Waals surface area contributed by atoms with Crippen molar-refractivity contribution in [1.82, 2.24) is 26.6 Å². The molecule has 0 aromatic rings. The summed E-state index contributed by atoms with van der Waals surface area (Å²) in [6.45, 7) is 3.68. The standard InChI is InChI=1S/C23H45N9O6/c1-14(2)8-9-17(31-20(36)15(25)6-5-11-28-23(26)27)22(38)32-16(7-3-4-10-24)21(37)30-12-18(33)29-13-19(34)35/h14-17H,3-13,24-25H2,1-2H3,(H,29,33)(H,30,37)(H,31,36)(H,32,38)(H,34,35)(H4,26,27,28)/t15-,16-,17+/m0/s1. The molecule has 0 saturated carbocycles. The SMILES string of the molecule is CC(C)CC[C@@H](NC(=O)[C@@H](N)CCCNC(=N)N)C(=O)N[C@@H](CCCCN)C(=O)NCC(=O)NCC(=O)O. The molecule has 0 aliphatic heterocycles. The van der Waals surface area contributed by atoms with Crippen LogP contribution in [-0.2, 0) is 24.0 Å². The third-order valence-electron chi connectivity index (χ3n) is 5.45. The van der Waals surface area contributed by atoms with Gasteiger partial charge in [-0.25, -0.2) is 0 Å². The molecule has 0 aromatic carbocycles. The van der Waals surface area contributed by atoms with Gasteiger partial charge >= 0.3 is 5.97 Å². The second kappa shape index (κ2) is 19.6. The minimum atomic E-state index is -1.22. The van der Waals surface area contributed by atoms with Crippen molar-refractivity contribution in [2.24, 2.45) is 23.1 Å². The summed E-state index contributed by atoms with van der Waals surface area (Å²) in [5.74, 6) is -3.55. The predicted octanol–water partition coefficient (Wildman–Crippen LogP) is -2.57. The minimum absolute atomic E-state index is 0.181. The zero-order valence-corrected chi connectivity index (χ0v) is 22.3. The number of nitrogens with one attached hydrogen (secondary N) is 6. The molecule has 0 heterocycles. The lowest BCUT2D eigenvalue weighted by atomic mass is 10.0. The van der Waals surface area contributed by atoms with Crippen LogP contribution in [0.2, 0.25) is 0 Å². The van der Waals surface area contributed by atoms with Gasteiger partial charge in [-0.15, -0.1) is 0 Å². The smallest absolute Gasteiger partial charge is 0.322 e. The van der Waals surface area contributed by atoms with Crippen LogP contribution in [0.5, 0.6) is 0 Å². The van der Waals surface area contributed by atoms with Crippen LogP contribution in [0.25, 0.3) is 0 Å². The molecule has 0 radical (unpaired) electrons. The fourth-order valence-electron chi connectivity index (χ4n) is 3.28. The van der Waals surface area contributed by atoms with Gasteiger partial charge in [-0.2, -0.15) is 0 Å². The molecular formula is C23H45N9O6. The van der Waals surface area contributed by atoms with E-state index in [1.165, 1.54) is 0 Å². The molecule has 13 N–H and O–H groups in total. The molecule has 218 valence electrons. The van der Waals surface area contributed by atoms with E-state index in [1.54, 1.807) is 0 Å². The zero-order chi connectivity index (χ0) is 29.1. The second-order valence-electron chi connectivity index (χ2n) is 9.36. The highest BCUT2D eigenvalue weighted by Crippen LogP contribution is 2.09. The van der Waals surface area contributed by atoms with E-state index in [4.69, 9.17) is 27.7 Å². The summed E-state index contributed by atoms with van der Waals surface area (Å²) in [6, 6.07) is -2.81. The maximum absolute atomic E-state index is 13.1. The quantitative estimate of drug-likeness (QED) is 0.0435. The first-order chi connectivity index (χ1) is 17.9. The summed E-state index contributed by atoms with van der Waals surface area (Å²) >= 11 is 0. The number of nitrogens with two attached hydrogens (primary N) is 3. The molecule has 15 heteroatoms. The van der Waals surface area contributed by atoms with E-state index in [9.17, 15) is 24.0 Å². The summed E-state index contributed by atoms with van der Waals surface area (Å²) in [4.78, 5) is 60.9. The van der Waals surface area contributed by atoms with Gasteiger partial charge in [0, 0.05) is 6.54 Å². The van der Waals surface area contributed by atoms with Crippen LogP contribution in [-0.4, -0.2) is 85.0 Å². The fourth-order valence-corrected chi connectivity index (χ4v) is 3.28. The Morgan fingerprint density at radius 2 is 1.42 bits per heavy atom. The molecule has 38 heavy (non-hydrogen) atoms. The summed E-state index contributed by atoms with van der Waals surface area (Å²) in [5, 5.41) is 28.3. The number of hydrogen-bond acceptors (Lipinski definition) is 8. The summed E-state index contributed by atoms with van der Waals surface area (Å²) in [5.41, 5.74) is 16.7. The van der Waals surface area contributed by atoms with Crippen LogP contribution < -0.4 is 43.8 Å². The van der Waals surface area contributed by atoms with E-state index in [1.807, 2.05) is 13.8 Å². The van der Waals surface area contributed by atoms with E-state index in [0.29, 0.717) is 51.6 Å². The molecule has 3 atom stereocenters. The van der Waals surface area contributed by atoms with Crippen LogP contribution in [0.15, 0.2) is 0 Å². The Balaban J connectivity index is 5.25. The second-order valence-corrected chi connectivity index (χ2v) is 9.36. The van der Waals surface area contributed by atoms with Crippen molar-refractivity contribution in [2.75, 3.05) is 26.2 Å². The zero-order valence-electron chi connectivity index (χ0n) is 22.3. The van der Waals surface area contributed by atoms with Crippen molar-refractivity contribution in [2.45, 2.75) is 76.9 Å². The van der Waals surface area contributed by atoms with Gasteiger partial charge in [0.15, 0.2) is 5.96 Å². The van der Waals surface area contributed by atoms with Gasteiger partial charge in [-0.1, -0.05) is 13.8 Å². The lowest BCUT2D eigenvalue weighted by molar-refractivity contribution is -0.138. The molecule has 0 aliphatic carbocycles. The van der Waals surface area contributed by atoms with Gasteiger partial charge in [0.1, 0.15) is 18.6 Å². The maximum Gasteiger partial charge on any atom is 0.322 e. The fraction of sp³-hybridized carbons (Fsp3) is 0.739. The Morgan fingerprint density at radius 3 is 2.00 bits per heavy atom. The first kappa shape index (κ1) is 34.5. The Bertz CT molecular complexity index is 793. The Labute approximate surface area is 223 Å². The van der Waals surface area contributed by atoms with Crippen molar-refractivity contribution in [3.63, 3.8) is 0 Å². The third-order valence-corrected chi connectivity index (χ3v) is 5.45. The van der Waals surface area contributed by atoms with Gasteiger partial charge in [0.25, 0.3) is 0 Å². The average molecular weight is 544 g/mol. The molecule has 0 unspecified atom stereocenters. The molecule has 4 amide bonds. The highest BCUT2D eigenvalue weighted by atomic mass is 16.4. The lowest BCUT2D eigenvalue weighted by Crippen LogP contribution is -2.56. The van der Waals surface area contributed by atoms with Crippen LogP contribution in [0.1, 0.15) is 58.8 Å². The van der Waals surface area contributed by atoms with Crippen molar-refractivity contribution in [3.05, 3.63) is 0 Å². The molecule has 0 rings (SSSR count). The number of hydrogen-bond donors (Lipinski definition) is 10. The van der Waals surface area contributed by atoms with Gasteiger partial charge < -0.3 is 48.9 Å². The van der Waals surface area contributed by atoms with E-state index < -0.39 is 60.8 Å². The van der Waals surface area contributed by atoms with Gasteiger partial charge in [-0.3, -0.25) is 29.4 Å². The summed E-state index contributed by atoms with van der Waals surface area (Å²) in [7, 11) is 0. The van der Waals surface area contributed by atoms with Crippen LogP contribution in [0.3, 0.4) is 0 Å². The number of carboxylic acids is 1. The number of amides is 4. The number of rotatable bonds is 20. The number of unbranched alkanes of at least 4 members (excludes halogenated alkanes) is 1. The van der Waals surface area contributed by atoms with Crippen molar-refractivity contribution in [3.8, 4) is 0 Å². The Morgan fingerprint density at radius 1 is 0.789 bits per heavy atom. The number of aliphatic carboxylic acids is 1. The monoisotopic (exact) mass is 543 g/mol. The average Bonchev–Trinajstić information content (AvgIpc) is 2.85. The van der Waals surface area contributed by atoms with Gasteiger partial charge in [-0.05, 0) is 57.4 Å². The van der Waals surface area contributed by atoms with Crippen molar-refractivity contribution in [1.29, 1.82) is 5.41 Å². The van der Waals surface area contributed by atoms with E-state index >= 15 is 0 Å². The molecule has 15 nitrogen and oxygen atoms in total. The third kappa shape index (κ3) is 17.1. The molecule has 0 fully saturated rings. The van der Waals surface area contributed by atoms with Crippen LogP contribution in [0.4, 0.5) is 0 Å². The topological polar surface area (TPSA) is 268 Å². The summed E-state index contributed by atoms with van der Waals surface area (Å²) < 4.78 is 0. The number of carbonyl (C=O) groups excluding carboxylic acids is 4. The summed E-state index contributed by atoms with van der Waals surface area (Å²) in [6.07, 6.45) is 3.13. The largest absolute Gasteiger partial charge is 0.480 e. The van der Waals surface area contributed by atoms with E-state index in [-0.39, 0.29) is 18.3 Å². The van der Waals surface area contributed by atoms with Crippen LogP contribution in [0, 0.1) is 11.3 Å². The van der Waals surface area contributed by atoms with E-state index in [0.717, 1.165) is 0 Å². The molecular weight excluding hydrogens is 498 g/mol. The number of carboxylic acid groups (broad SMARTS) is 1. The lowest BCUT2D eigenvalue weighted by Gasteiger charge is -2.25. The maximum atomic E-state index is 13.1. The predicted molar refractivity (Wildman–Crippen MR) is 142 cm³/mol. The molecule has 0 bridgehead atoms. The van der Waals surface area contributed by atoms with Crippen molar-refractivity contribution < 1.29 is 29.1 Å². The van der Waals surface area contributed by atoms with Gasteiger partial charge in [0.05, 0.1) is 12.6 Å². The first-order valence-corrected chi connectivity index (χ1v) is 12.8.